The molecule has 0 fully saturated rings. The van der Waals surface area contributed by atoms with Gasteiger partial charge in [-0.25, -0.2) is 13.8 Å². The molecule has 0 radical (unpaired) electrons. The zero-order valence-corrected chi connectivity index (χ0v) is 8.94. The van der Waals surface area contributed by atoms with Crippen molar-refractivity contribution < 1.29 is 13.6 Å². The first-order chi connectivity index (χ1) is 6.45. The van der Waals surface area contributed by atoms with Crippen LogP contribution in [-0.2, 0) is 0 Å². The number of hydrogen-bond donors (Lipinski definition) is 1. The summed E-state index contributed by atoms with van der Waals surface area (Å²) in [5, 5.41) is -0.999. The van der Waals surface area contributed by atoms with Crippen LogP contribution in [0.5, 0.6) is 0 Å². The molecule has 0 aromatic carbocycles. The zero-order chi connectivity index (χ0) is 10.9. The minimum atomic E-state index is -2.89. The lowest BCUT2D eigenvalue weighted by molar-refractivity contribution is 0.106. The SMILES string of the molecule is Nc1ncc(Br)c(C(=O)Cl)c1C(F)F. The Morgan fingerprint density at radius 3 is 2.57 bits per heavy atom. The first-order valence-electron chi connectivity index (χ1n) is 3.37. The summed E-state index contributed by atoms with van der Waals surface area (Å²) in [6.07, 6.45) is -1.74. The molecular weight excluding hydrogens is 281 g/mol. The second-order valence-electron chi connectivity index (χ2n) is 2.35. The molecule has 1 rings (SSSR count). The van der Waals surface area contributed by atoms with Gasteiger partial charge in [-0.1, -0.05) is 0 Å². The van der Waals surface area contributed by atoms with Crippen molar-refractivity contribution in [1.29, 1.82) is 0 Å². The van der Waals surface area contributed by atoms with Crippen LogP contribution in [0.2, 0.25) is 0 Å². The molecule has 0 spiro atoms. The van der Waals surface area contributed by atoms with Gasteiger partial charge in [0.05, 0.1) is 11.1 Å². The highest BCUT2D eigenvalue weighted by Crippen LogP contribution is 2.32. The highest BCUT2D eigenvalue weighted by molar-refractivity contribution is 9.10. The first kappa shape index (κ1) is 11.3. The molecule has 2 N–H and O–H groups in total. The number of carbonyl (C=O) groups excluding carboxylic acids is 1. The maximum absolute atomic E-state index is 12.5. The molecule has 0 aliphatic heterocycles. The van der Waals surface area contributed by atoms with Crippen molar-refractivity contribution in [3.63, 3.8) is 0 Å². The molecule has 76 valence electrons. The summed E-state index contributed by atoms with van der Waals surface area (Å²) in [5.74, 6) is -0.396. The van der Waals surface area contributed by atoms with Crippen LogP contribution in [0.25, 0.3) is 0 Å². The van der Waals surface area contributed by atoms with Gasteiger partial charge in [-0.2, -0.15) is 0 Å². The molecule has 3 nitrogen and oxygen atoms in total. The van der Waals surface area contributed by atoms with Gasteiger partial charge in [-0.3, -0.25) is 4.79 Å². The molecule has 0 aliphatic carbocycles. The molecular formula is C7H4BrClF2N2O. The fraction of sp³-hybridized carbons (Fsp3) is 0.143. The average molecular weight is 285 g/mol. The van der Waals surface area contributed by atoms with Crippen LogP contribution >= 0.6 is 27.5 Å². The number of nitrogen functional groups attached to an aromatic ring is 1. The van der Waals surface area contributed by atoms with Crippen molar-refractivity contribution in [2.75, 3.05) is 5.73 Å². The maximum atomic E-state index is 12.5. The monoisotopic (exact) mass is 284 g/mol. The van der Waals surface area contributed by atoms with Crippen LogP contribution in [0.1, 0.15) is 22.3 Å². The Hall–Kier alpha value is -0.750. The fourth-order valence-electron chi connectivity index (χ4n) is 0.938. The predicted molar refractivity (Wildman–Crippen MR) is 51.5 cm³/mol. The molecule has 0 saturated carbocycles. The van der Waals surface area contributed by atoms with Crippen molar-refractivity contribution in [1.82, 2.24) is 4.98 Å². The highest BCUT2D eigenvalue weighted by Gasteiger charge is 2.23. The van der Waals surface area contributed by atoms with Crippen molar-refractivity contribution in [3.05, 3.63) is 21.8 Å². The van der Waals surface area contributed by atoms with E-state index >= 15 is 0 Å². The van der Waals surface area contributed by atoms with Crippen LogP contribution in [-0.4, -0.2) is 10.2 Å². The van der Waals surface area contributed by atoms with Gasteiger partial charge in [0.15, 0.2) is 0 Å². The highest BCUT2D eigenvalue weighted by atomic mass is 79.9. The average Bonchev–Trinajstić information content (AvgIpc) is 2.07. The third-order valence-corrected chi connectivity index (χ3v) is 2.31. The standard InChI is InChI=1S/C7H4BrClF2N2O/c8-2-1-13-7(12)4(6(10)11)3(2)5(9)14/h1,6H,(H2,12,13). The van der Waals surface area contributed by atoms with Crippen LogP contribution < -0.4 is 5.73 Å². The lowest BCUT2D eigenvalue weighted by atomic mass is 10.1. The number of aromatic nitrogens is 1. The van der Waals surface area contributed by atoms with E-state index in [4.69, 9.17) is 17.3 Å². The smallest absolute Gasteiger partial charge is 0.268 e. The van der Waals surface area contributed by atoms with Crippen LogP contribution in [0.3, 0.4) is 0 Å². The summed E-state index contributed by atoms with van der Waals surface area (Å²) in [6.45, 7) is 0. The van der Waals surface area contributed by atoms with E-state index in [0.717, 1.165) is 6.20 Å². The van der Waals surface area contributed by atoms with Gasteiger partial charge < -0.3 is 5.73 Å². The summed E-state index contributed by atoms with van der Waals surface area (Å²) in [5.41, 5.74) is 4.23. The molecule has 0 unspecified atom stereocenters. The van der Waals surface area contributed by atoms with Crippen molar-refractivity contribution >= 4 is 38.6 Å². The van der Waals surface area contributed by atoms with E-state index in [0.29, 0.717) is 0 Å². The second-order valence-corrected chi connectivity index (χ2v) is 3.55. The molecule has 1 aromatic rings. The quantitative estimate of drug-likeness (QED) is 0.850. The summed E-state index contributed by atoms with van der Waals surface area (Å²) >= 11 is 8.04. The Kier molecular flexibility index (Phi) is 3.38. The van der Waals surface area contributed by atoms with Crippen molar-refractivity contribution in [3.8, 4) is 0 Å². The van der Waals surface area contributed by atoms with Gasteiger partial charge in [0.1, 0.15) is 5.82 Å². The Morgan fingerprint density at radius 2 is 2.21 bits per heavy atom. The summed E-state index contributed by atoms with van der Waals surface area (Å²) in [4.78, 5) is 14.3. The van der Waals surface area contributed by atoms with E-state index in [1.165, 1.54) is 0 Å². The number of rotatable bonds is 2. The van der Waals surface area contributed by atoms with Crippen LogP contribution in [0.15, 0.2) is 10.7 Å². The summed E-state index contributed by atoms with van der Waals surface area (Å²) in [6, 6.07) is 0. The molecule has 1 aromatic heterocycles. The number of alkyl halides is 2. The molecule has 0 amide bonds. The van der Waals surface area contributed by atoms with Gasteiger partial charge in [-0.15, -0.1) is 0 Å². The molecule has 7 heteroatoms. The Balaban J connectivity index is 3.50. The third kappa shape index (κ3) is 2.01. The number of hydrogen-bond acceptors (Lipinski definition) is 3. The van der Waals surface area contributed by atoms with Gasteiger partial charge in [-0.05, 0) is 27.5 Å². The Bertz CT molecular complexity index is 386. The third-order valence-electron chi connectivity index (χ3n) is 1.52. The summed E-state index contributed by atoms with van der Waals surface area (Å²) < 4.78 is 25.1. The van der Waals surface area contributed by atoms with E-state index in [1.807, 2.05) is 0 Å². The van der Waals surface area contributed by atoms with E-state index < -0.39 is 23.0 Å². The predicted octanol–water partition coefficient (Wildman–Crippen LogP) is 2.74. The molecule has 14 heavy (non-hydrogen) atoms. The number of nitrogens with two attached hydrogens (primary N) is 1. The lowest BCUT2D eigenvalue weighted by Gasteiger charge is -2.08. The zero-order valence-electron chi connectivity index (χ0n) is 6.60. The van der Waals surface area contributed by atoms with E-state index in [9.17, 15) is 13.6 Å². The number of nitrogens with zero attached hydrogens (tertiary/aromatic N) is 1. The van der Waals surface area contributed by atoms with Crippen LogP contribution in [0.4, 0.5) is 14.6 Å². The number of carbonyl (C=O) groups is 1. The largest absolute Gasteiger partial charge is 0.383 e. The van der Waals surface area contributed by atoms with Gasteiger partial charge in [0, 0.05) is 10.7 Å². The summed E-state index contributed by atoms with van der Waals surface area (Å²) in [7, 11) is 0. The minimum Gasteiger partial charge on any atom is -0.383 e. The van der Waals surface area contributed by atoms with E-state index in [-0.39, 0.29) is 10.0 Å². The van der Waals surface area contributed by atoms with Gasteiger partial charge >= 0.3 is 0 Å². The van der Waals surface area contributed by atoms with E-state index in [2.05, 4.69) is 20.9 Å². The number of anilines is 1. The minimum absolute atomic E-state index is 0.0991. The molecule has 0 atom stereocenters. The normalized spacial score (nSPS) is 10.6. The molecule has 0 bridgehead atoms. The van der Waals surface area contributed by atoms with Crippen LogP contribution in [0, 0.1) is 0 Å². The maximum Gasteiger partial charge on any atom is 0.268 e. The second kappa shape index (κ2) is 4.18. The Morgan fingerprint density at radius 1 is 1.64 bits per heavy atom. The first-order valence-corrected chi connectivity index (χ1v) is 4.54. The van der Waals surface area contributed by atoms with Crippen molar-refractivity contribution in [2.24, 2.45) is 0 Å². The van der Waals surface area contributed by atoms with E-state index in [1.54, 1.807) is 0 Å². The number of pyridine rings is 1. The Labute approximate surface area is 91.4 Å². The molecule has 0 saturated heterocycles. The van der Waals surface area contributed by atoms with Gasteiger partial charge in [0.2, 0.25) is 0 Å². The van der Waals surface area contributed by atoms with Gasteiger partial charge in [0.25, 0.3) is 11.7 Å². The van der Waals surface area contributed by atoms with Crippen molar-refractivity contribution in [2.45, 2.75) is 6.43 Å². The fourth-order valence-corrected chi connectivity index (χ4v) is 1.75. The molecule has 1 heterocycles. The number of halogens is 4. The molecule has 0 aliphatic rings. The lowest BCUT2D eigenvalue weighted by Crippen LogP contribution is -2.06. The topological polar surface area (TPSA) is 56.0 Å².